The normalized spacial score (nSPS) is 24.9. The highest BCUT2D eigenvalue weighted by Gasteiger charge is 2.51. The first-order valence-electron chi connectivity index (χ1n) is 14.3. The van der Waals surface area contributed by atoms with Gasteiger partial charge in [-0.05, 0) is 121 Å². The average molecular weight is 615 g/mol. The molecule has 0 spiro atoms. The number of benzene rings is 2. The average Bonchev–Trinajstić information content (AvgIpc) is 3.22. The minimum atomic E-state index is -0.711. The summed E-state index contributed by atoms with van der Waals surface area (Å²) >= 11 is 3.69. The summed E-state index contributed by atoms with van der Waals surface area (Å²) in [5.74, 6) is 2.00. The quantitative estimate of drug-likeness (QED) is 0.269. The molecular weight excluding hydrogens is 582 g/mol. The van der Waals surface area contributed by atoms with E-state index in [1.807, 2.05) is 50.2 Å². The van der Waals surface area contributed by atoms with Crippen LogP contribution in [0.15, 0.2) is 67.6 Å². The van der Waals surface area contributed by atoms with Crippen LogP contribution in [0.2, 0.25) is 0 Å². The fourth-order valence-corrected chi connectivity index (χ4v) is 8.69. The SMILES string of the molecule is Cc1nn(-c2ccccc2)c(C)c1N=Cc1c(O)n(-c2ccc(C34CC5CC(CC(C5)C3)C4)cc2Br)c(=O)[nH]c1=O. The molecule has 0 atom stereocenters. The number of aromatic hydroxyl groups is 1. The van der Waals surface area contributed by atoms with Crippen molar-refractivity contribution < 1.29 is 5.11 Å². The number of nitrogens with one attached hydrogen (secondary N) is 1. The van der Waals surface area contributed by atoms with Crippen molar-refractivity contribution in [3.05, 3.63) is 96.4 Å². The van der Waals surface area contributed by atoms with E-state index in [2.05, 4.69) is 43.1 Å². The number of para-hydroxylation sites is 1. The van der Waals surface area contributed by atoms with E-state index in [1.165, 1.54) is 50.3 Å². The molecule has 4 aliphatic carbocycles. The van der Waals surface area contributed by atoms with Gasteiger partial charge in [-0.25, -0.2) is 14.0 Å². The van der Waals surface area contributed by atoms with Gasteiger partial charge in [0.25, 0.3) is 5.56 Å². The van der Waals surface area contributed by atoms with Gasteiger partial charge in [0.1, 0.15) is 11.3 Å². The molecule has 0 aliphatic heterocycles. The first-order chi connectivity index (χ1) is 19.7. The third-order valence-corrected chi connectivity index (χ3v) is 10.2. The fraction of sp³-hybridized carbons (Fsp3) is 0.375. The smallest absolute Gasteiger partial charge is 0.335 e. The Morgan fingerprint density at radius 1 is 1.02 bits per heavy atom. The molecule has 4 saturated carbocycles. The molecule has 2 aromatic heterocycles. The van der Waals surface area contributed by atoms with E-state index >= 15 is 0 Å². The highest BCUT2D eigenvalue weighted by atomic mass is 79.9. The van der Waals surface area contributed by atoms with Crippen molar-refractivity contribution in [2.24, 2.45) is 22.7 Å². The highest BCUT2D eigenvalue weighted by Crippen LogP contribution is 2.61. The van der Waals surface area contributed by atoms with E-state index in [9.17, 15) is 14.7 Å². The molecule has 4 fully saturated rings. The summed E-state index contributed by atoms with van der Waals surface area (Å²) < 4.78 is 3.62. The number of aryl methyl sites for hydroxylation is 1. The van der Waals surface area contributed by atoms with Crippen LogP contribution in [0.1, 0.15) is 61.0 Å². The first-order valence-corrected chi connectivity index (χ1v) is 15.1. The molecule has 41 heavy (non-hydrogen) atoms. The molecule has 2 N–H and O–H groups in total. The fourth-order valence-electron chi connectivity index (χ4n) is 8.13. The molecule has 0 unspecified atom stereocenters. The lowest BCUT2D eigenvalue weighted by molar-refractivity contribution is -0.00521. The standard InChI is InChI=1S/C32H32BrN5O3/c1-18-28(19(2)38(36-18)24-6-4-3-5-7-24)34-17-25-29(39)35-31(41)37(30(25)40)27-9-8-23(13-26(27)33)32-14-20-10-21(15-32)12-22(11-20)16-32/h3-9,13,17,20-22,40H,10-12,14-16H2,1-2H3,(H,35,39,41). The predicted octanol–water partition coefficient (Wildman–Crippen LogP) is 6.01. The molecule has 4 aliphatic rings. The van der Waals surface area contributed by atoms with Crippen LogP contribution in [-0.4, -0.2) is 30.7 Å². The number of hydrogen-bond acceptors (Lipinski definition) is 5. The van der Waals surface area contributed by atoms with E-state index in [0.29, 0.717) is 21.5 Å². The maximum absolute atomic E-state index is 13.0. The Hall–Kier alpha value is -3.72. The second-order valence-corrected chi connectivity index (χ2v) is 13.1. The van der Waals surface area contributed by atoms with Crippen LogP contribution in [0.4, 0.5) is 5.69 Å². The Balaban J connectivity index is 1.25. The lowest BCUT2D eigenvalue weighted by Crippen LogP contribution is -2.48. The van der Waals surface area contributed by atoms with E-state index < -0.39 is 17.1 Å². The van der Waals surface area contributed by atoms with Gasteiger partial charge in [-0.15, -0.1) is 0 Å². The Morgan fingerprint density at radius 3 is 2.32 bits per heavy atom. The molecule has 4 aromatic rings. The second-order valence-electron chi connectivity index (χ2n) is 12.2. The molecule has 2 aromatic carbocycles. The number of aromatic nitrogens is 4. The molecule has 8 nitrogen and oxygen atoms in total. The lowest BCUT2D eigenvalue weighted by atomic mass is 9.48. The third kappa shape index (κ3) is 4.33. The number of rotatable bonds is 5. The molecule has 8 rings (SSSR count). The van der Waals surface area contributed by atoms with Crippen LogP contribution in [0.3, 0.4) is 0 Å². The number of H-pyrrole nitrogens is 1. The number of aromatic amines is 1. The zero-order chi connectivity index (χ0) is 28.5. The van der Waals surface area contributed by atoms with Crippen molar-refractivity contribution in [2.45, 2.75) is 57.8 Å². The zero-order valence-corrected chi connectivity index (χ0v) is 24.7. The first kappa shape index (κ1) is 26.2. The van der Waals surface area contributed by atoms with Crippen LogP contribution in [0.25, 0.3) is 11.4 Å². The summed E-state index contributed by atoms with van der Waals surface area (Å²) in [6.45, 7) is 3.74. The molecule has 0 amide bonds. The summed E-state index contributed by atoms with van der Waals surface area (Å²) in [7, 11) is 0. The Labute approximate surface area is 245 Å². The number of aliphatic imine (C=N–C) groups is 1. The van der Waals surface area contributed by atoms with Crippen LogP contribution in [0.5, 0.6) is 5.88 Å². The summed E-state index contributed by atoms with van der Waals surface area (Å²) in [5.41, 5.74) is 3.39. The van der Waals surface area contributed by atoms with E-state index in [1.54, 1.807) is 4.68 Å². The van der Waals surface area contributed by atoms with Crippen molar-refractivity contribution in [1.29, 1.82) is 0 Å². The van der Waals surface area contributed by atoms with Crippen molar-refractivity contribution in [3.8, 4) is 17.3 Å². The van der Waals surface area contributed by atoms with Gasteiger partial charge in [-0.2, -0.15) is 5.10 Å². The van der Waals surface area contributed by atoms with Crippen molar-refractivity contribution in [3.63, 3.8) is 0 Å². The topological polar surface area (TPSA) is 105 Å². The van der Waals surface area contributed by atoms with Gasteiger partial charge in [0.2, 0.25) is 5.88 Å². The summed E-state index contributed by atoms with van der Waals surface area (Å²) in [4.78, 5) is 32.7. The molecule has 0 radical (unpaired) electrons. The van der Waals surface area contributed by atoms with Gasteiger partial charge in [0.05, 0.1) is 22.8 Å². The number of nitrogens with zero attached hydrogens (tertiary/aromatic N) is 4. The largest absolute Gasteiger partial charge is 0.493 e. The van der Waals surface area contributed by atoms with Gasteiger partial charge >= 0.3 is 5.69 Å². The molecule has 4 bridgehead atoms. The van der Waals surface area contributed by atoms with E-state index in [4.69, 9.17) is 0 Å². The van der Waals surface area contributed by atoms with Crippen LogP contribution in [0, 0.1) is 31.6 Å². The zero-order valence-electron chi connectivity index (χ0n) is 23.1. The third-order valence-electron chi connectivity index (χ3n) is 9.54. The van der Waals surface area contributed by atoms with Crippen molar-refractivity contribution >= 4 is 27.8 Å². The molecule has 0 saturated heterocycles. The highest BCUT2D eigenvalue weighted by molar-refractivity contribution is 9.10. The van der Waals surface area contributed by atoms with E-state index in [0.717, 1.165) is 33.7 Å². The van der Waals surface area contributed by atoms with Gasteiger partial charge in [-0.3, -0.25) is 14.8 Å². The minimum absolute atomic E-state index is 0.104. The molecule has 210 valence electrons. The van der Waals surface area contributed by atoms with E-state index in [-0.39, 0.29) is 11.0 Å². The Kier molecular flexibility index (Phi) is 6.19. The van der Waals surface area contributed by atoms with Crippen LogP contribution >= 0.6 is 15.9 Å². The summed E-state index contributed by atoms with van der Waals surface area (Å²) in [6.07, 6.45) is 9.10. The Bertz CT molecular complexity index is 1780. The minimum Gasteiger partial charge on any atom is -0.493 e. The molecular formula is C32H32BrN5O3. The van der Waals surface area contributed by atoms with Crippen molar-refractivity contribution in [2.75, 3.05) is 0 Å². The van der Waals surface area contributed by atoms with Gasteiger partial charge < -0.3 is 5.11 Å². The maximum atomic E-state index is 13.0. The maximum Gasteiger partial charge on any atom is 0.335 e. The summed E-state index contributed by atoms with van der Waals surface area (Å²) in [6, 6.07) is 15.8. The predicted molar refractivity (Wildman–Crippen MR) is 162 cm³/mol. The van der Waals surface area contributed by atoms with Gasteiger partial charge in [0.15, 0.2) is 0 Å². The van der Waals surface area contributed by atoms with Gasteiger partial charge in [0, 0.05) is 10.7 Å². The molecule has 9 heteroatoms. The Morgan fingerprint density at radius 2 is 1.68 bits per heavy atom. The number of halogens is 1. The summed E-state index contributed by atoms with van der Waals surface area (Å²) in [5, 5.41) is 15.8. The molecule has 2 heterocycles. The van der Waals surface area contributed by atoms with Crippen LogP contribution < -0.4 is 11.2 Å². The number of hydrogen-bond donors (Lipinski definition) is 2. The van der Waals surface area contributed by atoms with Crippen molar-refractivity contribution in [1.82, 2.24) is 19.3 Å². The van der Waals surface area contributed by atoms with Crippen LogP contribution in [-0.2, 0) is 5.41 Å². The second kappa shape index (κ2) is 9.69. The lowest BCUT2D eigenvalue weighted by Gasteiger charge is -2.57. The van der Waals surface area contributed by atoms with Gasteiger partial charge in [-0.1, -0.05) is 24.3 Å². The monoisotopic (exact) mass is 613 g/mol.